The van der Waals surface area contributed by atoms with Gasteiger partial charge in [-0.05, 0) is 26.3 Å². The van der Waals surface area contributed by atoms with Crippen molar-refractivity contribution in [1.82, 2.24) is 10.2 Å². The van der Waals surface area contributed by atoms with Crippen LogP contribution in [-0.4, -0.2) is 36.5 Å². The van der Waals surface area contributed by atoms with Crippen molar-refractivity contribution in [3.8, 4) is 0 Å². The minimum absolute atomic E-state index is 0.311. The Morgan fingerprint density at radius 2 is 2.38 bits per heavy atom. The van der Waals surface area contributed by atoms with Crippen molar-refractivity contribution in [3.63, 3.8) is 0 Å². The Labute approximate surface area is 80.5 Å². The topological polar surface area (TPSA) is 32.3 Å². The maximum atomic E-state index is 11.6. The van der Waals surface area contributed by atoms with Crippen molar-refractivity contribution in [3.05, 3.63) is 0 Å². The average Bonchev–Trinajstić information content (AvgIpc) is 2.52. The van der Waals surface area contributed by atoms with E-state index in [0.29, 0.717) is 18.4 Å². The summed E-state index contributed by atoms with van der Waals surface area (Å²) < 4.78 is 0. The first kappa shape index (κ1) is 10.5. The van der Waals surface area contributed by atoms with Crippen molar-refractivity contribution in [2.45, 2.75) is 39.2 Å². The molecule has 1 amide bonds. The number of amides is 1. The molecular weight excluding hydrogens is 164 g/mol. The molecule has 0 aromatic heterocycles. The Hall–Kier alpha value is -0.570. The molecule has 1 atom stereocenters. The van der Waals surface area contributed by atoms with Crippen LogP contribution in [-0.2, 0) is 4.79 Å². The van der Waals surface area contributed by atoms with Crippen LogP contribution in [0.25, 0.3) is 0 Å². The molecule has 76 valence electrons. The molecule has 0 bridgehead atoms. The molecule has 1 saturated heterocycles. The quantitative estimate of drug-likeness (QED) is 0.661. The first-order valence-corrected chi connectivity index (χ1v) is 5.26. The van der Waals surface area contributed by atoms with Crippen molar-refractivity contribution in [1.29, 1.82) is 0 Å². The number of carbonyl (C=O) groups excluding carboxylic acids is 1. The molecule has 0 spiro atoms. The zero-order chi connectivity index (χ0) is 9.68. The predicted molar refractivity (Wildman–Crippen MR) is 53.6 cm³/mol. The summed E-state index contributed by atoms with van der Waals surface area (Å²) in [5.41, 5.74) is 0. The molecule has 0 aliphatic carbocycles. The van der Waals surface area contributed by atoms with Crippen LogP contribution in [0.5, 0.6) is 0 Å². The van der Waals surface area contributed by atoms with Crippen LogP contribution < -0.4 is 5.32 Å². The molecule has 1 heterocycles. The standard InChI is InChI=1S/C10H20N2O/c1-3-11-7-6-10(13)12-8-4-5-9(12)2/h9,11H,3-8H2,1-2H3/t9-/m0/s1. The Kier molecular flexibility index (Phi) is 4.22. The summed E-state index contributed by atoms with van der Waals surface area (Å²) in [6.45, 7) is 6.93. The van der Waals surface area contributed by atoms with E-state index in [4.69, 9.17) is 0 Å². The summed E-state index contributed by atoms with van der Waals surface area (Å²) >= 11 is 0. The van der Waals surface area contributed by atoms with Gasteiger partial charge in [0.1, 0.15) is 0 Å². The zero-order valence-electron chi connectivity index (χ0n) is 8.68. The molecule has 1 fully saturated rings. The minimum Gasteiger partial charge on any atom is -0.340 e. The molecule has 1 N–H and O–H groups in total. The second-order valence-electron chi connectivity index (χ2n) is 3.68. The molecule has 0 aromatic rings. The monoisotopic (exact) mass is 184 g/mol. The molecule has 1 rings (SSSR count). The van der Waals surface area contributed by atoms with Gasteiger partial charge in [0.15, 0.2) is 0 Å². The third-order valence-corrected chi connectivity index (χ3v) is 2.64. The van der Waals surface area contributed by atoms with Gasteiger partial charge in [-0.1, -0.05) is 6.92 Å². The summed E-state index contributed by atoms with van der Waals surface area (Å²) in [7, 11) is 0. The van der Waals surface area contributed by atoms with Crippen LogP contribution in [0.4, 0.5) is 0 Å². The van der Waals surface area contributed by atoms with Crippen LogP contribution in [0.2, 0.25) is 0 Å². The van der Waals surface area contributed by atoms with Crippen LogP contribution in [0.1, 0.15) is 33.1 Å². The van der Waals surface area contributed by atoms with Gasteiger partial charge in [0.25, 0.3) is 0 Å². The number of nitrogens with zero attached hydrogens (tertiary/aromatic N) is 1. The highest BCUT2D eigenvalue weighted by Crippen LogP contribution is 2.16. The lowest BCUT2D eigenvalue weighted by molar-refractivity contribution is -0.131. The molecule has 3 nitrogen and oxygen atoms in total. The van der Waals surface area contributed by atoms with E-state index in [2.05, 4.69) is 19.2 Å². The minimum atomic E-state index is 0.311. The van der Waals surface area contributed by atoms with Crippen molar-refractivity contribution >= 4 is 5.91 Å². The molecule has 1 aliphatic heterocycles. The maximum Gasteiger partial charge on any atom is 0.224 e. The number of hydrogen-bond acceptors (Lipinski definition) is 2. The first-order chi connectivity index (χ1) is 6.25. The fourth-order valence-electron chi connectivity index (χ4n) is 1.82. The van der Waals surface area contributed by atoms with Gasteiger partial charge >= 0.3 is 0 Å². The third-order valence-electron chi connectivity index (χ3n) is 2.64. The molecule has 0 aromatic carbocycles. The van der Waals surface area contributed by atoms with E-state index in [1.165, 1.54) is 12.8 Å². The molecular formula is C10H20N2O. The lowest BCUT2D eigenvalue weighted by Gasteiger charge is -2.21. The van der Waals surface area contributed by atoms with E-state index >= 15 is 0 Å². The SMILES string of the molecule is CCNCCC(=O)N1CCC[C@@H]1C. The van der Waals surface area contributed by atoms with Gasteiger partial charge in [-0.25, -0.2) is 0 Å². The number of rotatable bonds is 4. The molecule has 3 heteroatoms. The summed E-state index contributed by atoms with van der Waals surface area (Å²) in [6.07, 6.45) is 3.00. The Balaban J connectivity index is 2.22. The number of nitrogens with one attached hydrogen (secondary N) is 1. The zero-order valence-corrected chi connectivity index (χ0v) is 8.68. The highest BCUT2D eigenvalue weighted by molar-refractivity contribution is 5.76. The largest absolute Gasteiger partial charge is 0.340 e. The molecule has 1 aliphatic rings. The Morgan fingerprint density at radius 1 is 1.62 bits per heavy atom. The third kappa shape index (κ3) is 2.99. The van der Waals surface area contributed by atoms with Crippen LogP contribution in [0, 0.1) is 0 Å². The van der Waals surface area contributed by atoms with Gasteiger partial charge in [0, 0.05) is 25.6 Å². The second-order valence-corrected chi connectivity index (χ2v) is 3.68. The van der Waals surface area contributed by atoms with E-state index in [9.17, 15) is 4.79 Å². The summed E-state index contributed by atoms with van der Waals surface area (Å²) in [5, 5.41) is 3.17. The number of likely N-dealkylation sites (tertiary alicyclic amines) is 1. The van der Waals surface area contributed by atoms with E-state index in [-0.39, 0.29) is 0 Å². The van der Waals surface area contributed by atoms with Crippen molar-refractivity contribution < 1.29 is 4.79 Å². The Morgan fingerprint density at radius 3 is 2.92 bits per heavy atom. The van der Waals surface area contributed by atoms with Gasteiger partial charge in [0.05, 0.1) is 0 Å². The van der Waals surface area contributed by atoms with Crippen LogP contribution in [0.3, 0.4) is 0 Å². The molecule has 0 unspecified atom stereocenters. The Bertz CT molecular complexity index is 170. The van der Waals surface area contributed by atoms with E-state index in [1.54, 1.807) is 0 Å². The smallest absolute Gasteiger partial charge is 0.224 e. The van der Waals surface area contributed by atoms with E-state index in [1.807, 2.05) is 4.90 Å². The van der Waals surface area contributed by atoms with E-state index in [0.717, 1.165) is 19.6 Å². The number of carbonyl (C=O) groups is 1. The van der Waals surface area contributed by atoms with Gasteiger partial charge in [-0.2, -0.15) is 0 Å². The average molecular weight is 184 g/mol. The molecule has 13 heavy (non-hydrogen) atoms. The van der Waals surface area contributed by atoms with Gasteiger partial charge in [-0.15, -0.1) is 0 Å². The molecule has 0 radical (unpaired) electrons. The predicted octanol–water partition coefficient (Wildman–Crippen LogP) is 0.997. The van der Waals surface area contributed by atoms with Gasteiger partial charge in [0.2, 0.25) is 5.91 Å². The van der Waals surface area contributed by atoms with Gasteiger partial charge < -0.3 is 10.2 Å². The molecule has 0 saturated carbocycles. The fourth-order valence-corrected chi connectivity index (χ4v) is 1.82. The number of hydrogen-bond donors (Lipinski definition) is 1. The van der Waals surface area contributed by atoms with Crippen molar-refractivity contribution in [2.75, 3.05) is 19.6 Å². The maximum absolute atomic E-state index is 11.6. The first-order valence-electron chi connectivity index (χ1n) is 5.26. The van der Waals surface area contributed by atoms with Crippen molar-refractivity contribution in [2.24, 2.45) is 0 Å². The normalized spacial score (nSPS) is 22.3. The van der Waals surface area contributed by atoms with E-state index < -0.39 is 0 Å². The lowest BCUT2D eigenvalue weighted by atomic mass is 10.2. The summed E-state index contributed by atoms with van der Waals surface area (Å²) in [4.78, 5) is 13.6. The van der Waals surface area contributed by atoms with Gasteiger partial charge in [-0.3, -0.25) is 4.79 Å². The highest BCUT2D eigenvalue weighted by Gasteiger charge is 2.23. The summed E-state index contributed by atoms with van der Waals surface area (Å²) in [5.74, 6) is 0.311. The fraction of sp³-hybridized carbons (Fsp3) is 0.900. The van der Waals surface area contributed by atoms with Crippen LogP contribution in [0.15, 0.2) is 0 Å². The second kappa shape index (κ2) is 5.22. The van der Waals surface area contributed by atoms with Crippen LogP contribution >= 0.6 is 0 Å². The lowest BCUT2D eigenvalue weighted by Crippen LogP contribution is -2.35. The highest BCUT2D eigenvalue weighted by atomic mass is 16.2. The summed E-state index contributed by atoms with van der Waals surface area (Å²) in [6, 6.07) is 0.467.